The van der Waals surface area contributed by atoms with Crippen LogP contribution in [0.5, 0.6) is 0 Å². The van der Waals surface area contributed by atoms with Gasteiger partial charge in [0.15, 0.2) is 5.03 Å². The van der Waals surface area contributed by atoms with Crippen molar-refractivity contribution < 1.29 is 8.42 Å². The van der Waals surface area contributed by atoms with Crippen molar-refractivity contribution in [3.63, 3.8) is 0 Å². The molecule has 0 aliphatic carbocycles. The standard InChI is InChI=1S/C9H7ClIN3O2S/c10-6-1-2-8(7(11)5-6)14-17(15,16)9-3-4-12-13-9/h1-5,14H,(H,12,13). The summed E-state index contributed by atoms with van der Waals surface area (Å²) in [7, 11) is -3.62. The van der Waals surface area contributed by atoms with E-state index in [9.17, 15) is 8.42 Å². The summed E-state index contributed by atoms with van der Waals surface area (Å²) in [6.45, 7) is 0. The number of aromatic amines is 1. The molecule has 2 N–H and O–H groups in total. The van der Waals surface area contributed by atoms with Crippen LogP contribution in [0, 0.1) is 3.57 Å². The van der Waals surface area contributed by atoms with Crippen molar-refractivity contribution in [1.82, 2.24) is 10.2 Å². The van der Waals surface area contributed by atoms with E-state index in [0.29, 0.717) is 10.7 Å². The second kappa shape index (κ2) is 4.83. The Morgan fingerprint density at radius 3 is 2.71 bits per heavy atom. The zero-order valence-electron chi connectivity index (χ0n) is 8.31. The predicted octanol–water partition coefficient (Wildman–Crippen LogP) is 2.47. The summed E-state index contributed by atoms with van der Waals surface area (Å²) in [6, 6.07) is 6.28. The Hall–Kier alpha value is -0.800. The Labute approximate surface area is 117 Å². The molecule has 0 spiro atoms. The first-order chi connectivity index (χ1) is 7.99. The van der Waals surface area contributed by atoms with E-state index < -0.39 is 10.0 Å². The maximum absolute atomic E-state index is 11.9. The highest BCUT2D eigenvalue weighted by atomic mass is 127. The summed E-state index contributed by atoms with van der Waals surface area (Å²) in [5.41, 5.74) is 0.476. The Morgan fingerprint density at radius 2 is 2.12 bits per heavy atom. The van der Waals surface area contributed by atoms with Crippen LogP contribution in [0.1, 0.15) is 0 Å². The third-order valence-electron chi connectivity index (χ3n) is 1.94. The van der Waals surface area contributed by atoms with E-state index in [4.69, 9.17) is 11.6 Å². The van der Waals surface area contributed by atoms with Gasteiger partial charge in [-0.15, -0.1) is 0 Å². The molecule has 1 aromatic heterocycles. The lowest BCUT2D eigenvalue weighted by Crippen LogP contribution is -2.14. The number of anilines is 1. The smallest absolute Gasteiger partial charge is 0.277 e. The first-order valence-electron chi connectivity index (χ1n) is 4.46. The van der Waals surface area contributed by atoms with Crippen molar-refractivity contribution >= 4 is 49.9 Å². The normalized spacial score (nSPS) is 11.4. The fourth-order valence-corrected chi connectivity index (χ4v) is 3.34. The lowest BCUT2D eigenvalue weighted by molar-refractivity contribution is 0.597. The third-order valence-corrected chi connectivity index (χ3v) is 4.36. The number of nitrogens with zero attached hydrogens (tertiary/aromatic N) is 1. The molecular weight excluding hydrogens is 377 g/mol. The number of sulfonamides is 1. The molecule has 2 rings (SSSR count). The molecule has 0 radical (unpaired) electrons. The summed E-state index contributed by atoms with van der Waals surface area (Å²) in [4.78, 5) is 0. The Kier molecular flexibility index (Phi) is 3.59. The molecule has 0 aliphatic rings. The van der Waals surface area contributed by atoms with Crippen molar-refractivity contribution in [2.75, 3.05) is 4.72 Å². The van der Waals surface area contributed by atoms with Gasteiger partial charge in [-0.2, -0.15) is 13.5 Å². The van der Waals surface area contributed by atoms with Gasteiger partial charge in [0.1, 0.15) is 0 Å². The van der Waals surface area contributed by atoms with Gasteiger partial charge in [-0.3, -0.25) is 9.82 Å². The molecule has 0 saturated carbocycles. The molecule has 17 heavy (non-hydrogen) atoms. The lowest BCUT2D eigenvalue weighted by atomic mass is 10.3. The molecule has 0 bridgehead atoms. The second-order valence-corrected chi connectivity index (χ2v) is 6.40. The zero-order valence-corrected chi connectivity index (χ0v) is 12.0. The fourth-order valence-electron chi connectivity index (χ4n) is 1.16. The number of hydrogen-bond donors (Lipinski definition) is 2. The molecule has 0 atom stereocenters. The topological polar surface area (TPSA) is 74.8 Å². The van der Waals surface area contributed by atoms with Crippen molar-refractivity contribution in [2.45, 2.75) is 5.03 Å². The monoisotopic (exact) mass is 383 g/mol. The maximum Gasteiger partial charge on any atom is 0.278 e. The van der Waals surface area contributed by atoms with E-state index in [1.165, 1.54) is 12.3 Å². The minimum atomic E-state index is -3.62. The van der Waals surface area contributed by atoms with Gasteiger partial charge in [0, 0.05) is 8.59 Å². The van der Waals surface area contributed by atoms with Gasteiger partial charge >= 0.3 is 0 Å². The summed E-state index contributed by atoms with van der Waals surface area (Å²) in [5, 5.41) is 6.57. The van der Waals surface area contributed by atoms with E-state index in [0.717, 1.165) is 3.57 Å². The average Bonchev–Trinajstić information content (AvgIpc) is 2.76. The van der Waals surface area contributed by atoms with E-state index in [1.54, 1.807) is 18.2 Å². The van der Waals surface area contributed by atoms with Crippen LogP contribution in [0.2, 0.25) is 5.02 Å². The van der Waals surface area contributed by atoms with Crippen LogP contribution < -0.4 is 4.72 Å². The molecule has 90 valence electrons. The van der Waals surface area contributed by atoms with Crippen molar-refractivity contribution in [3.05, 3.63) is 39.1 Å². The van der Waals surface area contributed by atoms with Crippen LogP contribution in [-0.4, -0.2) is 18.6 Å². The van der Waals surface area contributed by atoms with Crippen LogP contribution >= 0.6 is 34.2 Å². The van der Waals surface area contributed by atoms with Gasteiger partial charge in [0.2, 0.25) is 0 Å². The second-order valence-electron chi connectivity index (χ2n) is 3.15. The molecule has 0 unspecified atom stereocenters. The molecule has 2 aromatic rings. The molecule has 8 heteroatoms. The minimum absolute atomic E-state index is 0.0169. The lowest BCUT2D eigenvalue weighted by Gasteiger charge is -2.08. The predicted molar refractivity (Wildman–Crippen MR) is 73.6 cm³/mol. The molecule has 0 saturated heterocycles. The van der Waals surface area contributed by atoms with Gasteiger partial charge in [-0.05, 0) is 46.9 Å². The first kappa shape index (κ1) is 12.7. The Balaban J connectivity index is 2.33. The Bertz CT molecular complexity index is 628. The van der Waals surface area contributed by atoms with E-state index in [-0.39, 0.29) is 5.03 Å². The van der Waals surface area contributed by atoms with Gasteiger partial charge in [0.05, 0.1) is 11.9 Å². The molecular formula is C9H7ClIN3O2S. The van der Waals surface area contributed by atoms with Crippen LogP contribution in [0.4, 0.5) is 5.69 Å². The number of benzene rings is 1. The van der Waals surface area contributed by atoms with Crippen molar-refractivity contribution in [1.29, 1.82) is 0 Å². The number of aromatic nitrogens is 2. The highest BCUT2D eigenvalue weighted by Crippen LogP contribution is 2.24. The number of halogens is 2. The summed E-state index contributed by atoms with van der Waals surface area (Å²) < 4.78 is 26.9. The number of nitrogens with one attached hydrogen (secondary N) is 2. The highest BCUT2D eigenvalue weighted by molar-refractivity contribution is 14.1. The molecule has 1 heterocycles. The SMILES string of the molecule is O=S(=O)(Nc1ccc(Cl)cc1I)c1ccn[nH]1. The molecule has 0 fully saturated rings. The van der Waals surface area contributed by atoms with Crippen LogP contribution in [0.15, 0.2) is 35.5 Å². The molecule has 1 aromatic carbocycles. The quantitative estimate of drug-likeness (QED) is 0.800. The number of H-pyrrole nitrogens is 1. The molecule has 5 nitrogen and oxygen atoms in total. The van der Waals surface area contributed by atoms with Gasteiger partial charge in [-0.1, -0.05) is 11.6 Å². The van der Waals surface area contributed by atoms with Crippen molar-refractivity contribution in [2.24, 2.45) is 0 Å². The average molecular weight is 384 g/mol. The third kappa shape index (κ3) is 2.90. The fraction of sp³-hybridized carbons (Fsp3) is 0. The first-order valence-corrected chi connectivity index (χ1v) is 7.40. The molecule has 0 aliphatic heterocycles. The summed E-state index contributed by atoms with van der Waals surface area (Å²) >= 11 is 7.80. The van der Waals surface area contributed by atoms with Gasteiger partial charge in [-0.25, -0.2) is 0 Å². The van der Waals surface area contributed by atoms with Gasteiger partial charge < -0.3 is 0 Å². The van der Waals surface area contributed by atoms with Crippen LogP contribution in [-0.2, 0) is 10.0 Å². The highest BCUT2D eigenvalue weighted by Gasteiger charge is 2.16. The van der Waals surface area contributed by atoms with E-state index in [2.05, 4.69) is 14.9 Å². The minimum Gasteiger partial charge on any atom is -0.277 e. The van der Waals surface area contributed by atoms with Crippen molar-refractivity contribution in [3.8, 4) is 0 Å². The largest absolute Gasteiger partial charge is 0.278 e. The van der Waals surface area contributed by atoms with Crippen LogP contribution in [0.25, 0.3) is 0 Å². The molecule has 0 amide bonds. The number of hydrogen-bond acceptors (Lipinski definition) is 3. The van der Waals surface area contributed by atoms with Gasteiger partial charge in [0.25, 0.3) is 10.0 Å². The van der Waals surface area contributed by atoms with E-state index >= 15 is 0 Å². The maximum atomic E-state index is 11.9. The number of rotatable bonds is 3. The summed E-state index contributed by atoms with van der Waals surface area (Å²) in [6.07, 6.45) is 1.38. The Morgan fingerprint density at radius 1 is 1.35 bits per heavy atom. The van der Waals surface area contributed by atoms with Crippen LogP contribution in [0.3, 0.4) is 0 Å². The zero-order chi connectivity index (χ0) is 12.5. The summed E-state index contributed by atoms with van der Waals surface area (Å²) in [5.74, 6) is 0. The van der Waals surface area contributed by atoms with E-state index in [1.807, 2.05) is 22.6 Å².